The first-order valence-electron chi connectivity index (χ1n) is 6.17. The lowest BCUT2D eigenvalue weighted by molar-refractivity contribution is 0.0784. The van der Waals surface area contributed by atoms with Crippen LogP contribution in [0.25, 0.3) is 0 Å². The van der Waals surface area contributed by atoms with E-state index in [4.69, 9.17) is 5.73 Å². The molecule has 0 radical (unpaired) electrons. The van der Waals surface area contributed by atoms with E-state index >= 15 is 0 Å². The van der Waals surface area contributed by atoms with E-state index in [1.807, 2.05) is 20.2 Å². The molecule has 0 atom stereocenters. The molecule has 0 fully saturated rings. The highest BCUT2D eigenvalue weighted by molar-refractivity contribution is 9.10. The van der Waals surface area contributed by atoms with Gasteiger partial charge in [-0.2, -0.15) is 5.10 Å². The maximum Gasteiger partial charge on any atom is 0.254 e. The third kappa shape index (κ3) is 3.01. The monoisotopic (exact) mass is 336 g/mol. The Hall–Kier alpha value is -1.82. The largest absolute Gasteiger partial charge is 0.398 e. The molecule has 20 heavy (non-hydrogen) atoms. The number of nitrogens with zero attached hydrogens (tertiary/aromatic N) is 3. The third-order valence-corrected chi connectivity index (χ3v) is 3.63. The van der Waals surface area contributed by atoms with Crippen LogP contribution in [0.15, 0.2) is 29.0 Å². The molecule has 0 spiro atoms. The van der Waals surface area contributed by atoms with E-state index in [0.29, 0.717) is 17.8 Å². The van der Waals surface area contributed by atoms with Crippen LogP contribution < -0.4 is 5.73 Å². The number of carbonyl (C=O) groups excluding carboxylic acids is 1. The molecule has 1 heterocycles. The summed E-state index contributed by atoms with van der Waals surface area (Å²) in [6.45, 7) is 2.37. The minimum absolute atomic E-state index is 0.0562. The van der Waals surface area contributed by atoms with Gasteiger partial charge in [-0.25, -0.2) is 0 Å². The number of benzene rings is 1. The number of nitrogens with two attached hydrogens (primary N) is 1. The third-order valence-electron chi connectivity index (χ3n) is 3.17. The van der Waals surface area contributed by atoms with Gasteiger partial charge in [-0.3, -0.25) is 9.48 Å². The molecule has 2 rings (SSSR count). The number of carbonyl (C=O) groups is 1. The summed E-state index contributed by atoms with van der Waals surface area (Å²) < 4.78 is 2.52. The maximum absolute atomic E-state index is 12.5. The van der Waals surface area contributed by atoms with Crippen molar-refractivity contribution in [3.05, 3.63) is 45.7 Å². The molecule has 0 saturated carbocycles. The molecule has 0 aliphatic rings. The van der Waals surface area contributed by atoms with E-state index in [1.54, 1.807) is 35.0 Å². The molecule has 106 valence electrons. The highest BCUT2D eigenvalue weighted by Gasteiger charge is 2.17. The van der Waals surface area contributed by atoms with Crippen molar-refractivity contribution >= 4 is 27.5 Å². The van der Waals surface area contributed by atoms with E-state index in [9.17, 15) is 4.79 Å². The van der Waals surface area contributed by atoms with Gasteiger partial charge in [-0.05, 0) is 24.6 Å². The summed E-state index contributed by atoms with van der Waals surface area (Å²) in [5.41, 5.74) is 8.92. The lowest BCUT2D eigenvalue weighted by Crippen LogP contribution is -2.27. The minimum atomic E-state index is -0.0562. The predicted molar refractivity (Wildman–Crippen MR) is 82.3 cm³/mol. The van der Waals surface area contributed by atoms with Crippen LogP contribution in [-0.2, 0) is 13.6 Å². The summed E-state index contributed by atoms with van der Waals surface area (Å²) >= 11 is 3.37. The van der Waals surface area contributed by atoms with E-state index in [0.717, 1.165) is 15.6 Å². The zero-order chi connectivity index (χ0) is 14.9. The average molecular weight is 337 g/mol. The molecule has 0 aliphatic heterocycles. The number of hydrogen-bond donors (Lipinski definition) is 1. The Kier molecular flexibility index (Phi) is 4.13. The number of halogens is 1. The van der Waals surface area contributed by atoms with E-state index < -0.39 is 0 Å². The maximum atomic E-state index is 12.5. The normalized spacial score (nSPS) is 10.6. The van der Waals surface area contributed by atoms with Crippen molar-refractivity contribution in [3.8, 4) is 0 Å². The lowest BCUT2D eigenvalue weighted by Gasteiger charge is -2.18. The van der Waals surface area contributed by atoms with Gasteiger partial charge in [0.25, 0.3) is 5.91 Å². The molecule has 1 aromatic carbocycles. The Balaban J connectivity index is 2.22. The molecule has 6 heteroatoms. The van der Waals surface area contributed by atoms with Crippen LogP contribution in [0, 0.1) is 6.92 Å². The Morgan fingerprint density at radius 1 is 1.50 bits per heavy atom. The summed E-state index contributed by atoms with van der Waals surface area (Å²) in [7, 11) is 3.62. The van der Waals surface area contributed by atoms with Gasteiger partial charge in [-0.15, -0.1) is 0 Å². The van der Waals surface area contributed by atoms with Crippen molar-refractivity contribution in [2.75, 3.05) is 12.8 Å². The molecular weight excluding hydrogens is 320 g/mol. The van der Waals surface area contributed by atoms with E-state index in [-0.39, 0.29) is 5.91 Å². The summed E-state index contributed by atoms with van der Waals surface area (Å²) in [6, 6.07) is 3.60. The molecular formula is C14H17BrN4O. The fraction of sp³-hybridized carbons (Fsp3) is 0.286. The molecule has 2 aromatic rings. The van der Waals surface area contributed by atoms with Crippen molar-refractivity contribution in [2.24, 2.45) is 7.05 Å². The average Bonchev–Trinajstić information content (AvgIpc) is 2.78. The Bertz CT molecular complexity index is 651. The van der Waals surface area contributed by atoms with Crippen molar-refractivity contribution in [2.45, 2.75) is 13.5 Å². The topological polar surface area (TPSA) is 64.2 Å². The second kappa shape index (κ2) is 5.66. The zero-order valence-corrected chi connectivity index (χ0v) is 13.3. The number of amides is 1. The van der Waals surface area contributed by atoms with Gasteiger partial charge < -0.3 is 10.6 Å². The number of nitrogen functional groups attached to an aromatic ring is 1. The second-order valence-electron chi connectivity index (χ2n) is 4.85. The predicted octanol–water partition coefficient (Wildman–Crippen LogP) is 2.35. The number of aryl methyl sites for hydroxylation is 1. The van der Waals surface area contributed by atoms with E-state index in [2.05, 4.69) is 21.0 Å². The molecule has 0 unspecified atom stereocenters. The van der Waals surface area contributed by atoms with Crippen molar-refractivity contribution in [1.29, 1.82) is 0 Å². The van der Waals surface area contributed by atoms with Gasteiger partial charge in [0.2, 0.25) is 0 Å². The lowest BCUT2D eigenvalue weighted by atomic mass is 10.1. The zero-order valence-electron chi connectivity index (χ0n) is 11.7. The first-order valence-corrected chi connectivity index (χ1v) is 6.96. The first kappa shape index (κ1) is 14.6. The summed E-state index contributed by atoms with van der Waals surface area (Å²) in [4.78, 5) is 14.2. The molecule has 0 saturated heterocycles. The van der Waals surface area contributed by atoms with Crippen LogP contribution in [0.1, 0.15) is 21.5 Å². The summed E-state index contributed by atoms with van der Waals surface area (Å²) in [5, 5.41) is 4.10. The van der Waals surface area contributed by atoms with Gasteiger partial charge in [0.05, 0.1) is 6.20 Å². The minimum Gasteiger partial charge on any atom is -0.398 e. The highest BCUT2D eigenvalue weighted by Crippen LogP contribution is 2.24. The van der Waals surface area contributed by atoms with Crippen molar-refractivity contribution < 1.29 is 4.79 Å². The molecule has 2 N–H and O–H groups in total. The quantitative estimate of drug-likeness (QED) is 0.875. The molecule has 1 amide bonds. The van der Waals surface area contributed by atoms with Crippen LogP contribution in [-0.4, -0.2) is 27.6 Å². The Morgan fingerprint density at radius 3 is 2.80 bits per heavy atom. The van der Waals surface area contributed by atoms with Gasteiger partial charge in [0, 0.05) is 48.1 Å². The number of rotatable bonds is 3. The van der Waals surface area contributed by atoms with Gasteiger partial charge in [0.15, 0.2) is 0 Å². The van der Waals surface area contributed by atoms with Crippen LogP contribution in [0.2, 0.25) is 0 Å². The van der Waals surface area contributed by atoms with Crippen molar-refractivity contribution in [1.82, 2.24) is 14.7 Å². The van der Waals surface area contributed by atoms with Crippen LogP contribution in [0.5, 0.6) is 0 Å². The number of hydrogen-bond acceptors (Lipinski definition) is 3. The highest BCUT2D eigenvalue weighted by atomic mass is 79.9. The molecule has 0 bridgehead atoms. The van der Waals surface area contributed by atoms with Crippen LogP contribution in [0.4, 0.5) is 5.69 Å². The summed E-state index contributed by atoms with van der Waals surface area (Å²) in [5.74, 6) is -0.0562. The standard InChI is InChI=1S/C14H17BrN4O/c1-9-12(4-11(15)5-13(9)16)14(20)18(2)7-10-6-17-19(3)8-10/h4-6,8H,7,16H2,1-3H3. The number of anilines is 1. The first-order chi connectivity index (χ1) is 9.38. The Morgan fingerprint density at radius 2 is 2.20 bits per heavy atom. The molecule has 0 aliphatic carbocycles. The molecule has 5 nitrogen and oxygen atoms in total. The second-order valence-corrected chi connectivity index (χ2v) is 5.77. The van der Waals surface area contributed by atoms with Gasteiger partial charge >= 0.3 is 0 Å². The smallest absolute Gasteiger partial charge is 0.254 e. The van der Waals surface area contributed by atoms with E-state index in [1.165, 1.54) is 0 Å². The molecule has 1 aromatic heterocycles. The Labute approximate surface area is 126 Å². The van der Waals surface area contributed by atoms with Crippen LogP contribution in [0.3, 0.4) is 0 Å². The fourth-order valence-electron chi connectivity index (χ4n) is 2.03. The number of aromatic nitrogens is 2. The van der Waals surface area contributed by atoms with Gasteiger partial charge in [-0.1, -0.05) is 15.9 Å². The van der Waals surface area contributed by atoms with Crippen LogP contribution >= 0.6 is 15.9 Å². The fourth-order valence-corrected chi connectivity index (χ4v) is 2.50. The van der Waals surface area contributed by atoms with Gasteiger partial charge in [0.1, 0.15) is 0 Å². The summed E-state index contributed by atoms with van der Waals surface area (Å²) in [6.07, 6.45) is 3.65. The SMILES string of the molecule is Cc1c(N)cc(Br)cc1C(=O)N(C)Cc1cnn(C)c1. The van der Waals surface area contributed by atoms with Crippen molar-refractivity contribution in [3.63, 3.8) is 0 Å².